The van der Waals surface area contributed by atoms with Gasteiger partial charge in [0.05, 0.1) is 24.3 Å². The number of ether oxygens (including phenoxy) is 1. The van der Waals surface area contributed by atoms with Crippen LogP contribution in [0, 0.1) is 12.7 Å². The Hall–Kier alpha value is -3.50. The number of aromatic nitrogens is 1. The summed E-state index contributed by atoms with van der Waals surface area (Å²) in [7, 11) is 2.03. The number of pyridine rings is 1. The van der Waals surface area contributed by atoms with E-state index in [1.165, 1.54) is 11.1 Å². The van der Waals surface area contributed by atoms with Gasteiger partial charge in [0, 0.05) is 22.9 Å². The first-order valence-corrected chi connectivity index (χ1v) is 10.9. The molecule has 5 aromatic rings. The van der Waals surface area contributed by atoms with Gasteiger partial charge in [0.25, 0.3) is 0 Å². The molecule has 3 aromatic carbocycles. The van der Waals surface area contributed by atoms with Gasteiger partial charge in [-0.05, 0) is 53.8 Å². The molecule has 6 rings (SSSR count). The van der Waals surface area contributed by atoms with Gasteiger partial charge in [-0.15, -0.1) is 0 Å². The van der Waals surface area contributed by atoms with Gasteiger partial charge in [-0.1, -0.05) is 30.3 Å². The molecular formula is C28H23FNO2+. The molecule has 32 heavy (non-hydrogen) atoms. The summed E-state index contributed by atoms with van der Waals surface area (Å²) in [4.78, 5) is 0. The molecule has 158 valence electrons. The molecule has 0 unspecified atom stereocenters. The summed E-state index contributed by atoms with van der Waals surface area (Å²) in [6.45, 7) is 3.40. The maximum atomic E-state index is 15.2. The summed E-state index contributed by atoms with van der Waals surface area (Å²) >= 11 is 0. The van der Waals surface area contributed by atoms with E-state index in [9.17, 15) is 0 Å². The molecule has 0 aliphatic carbocycles. The Balaban J connectivity index is 1.66. The molecule has 0 spiro atoms. The van der Waals surface area contributed by atoms with Crippen LogP contribution in [0.15, 0.2) is 71.3 Å². The molecule has 1 aliphatic rings. The van der Waals surface area contributed by atoms with Crippen molar-refractivity contribution in [3.63, 3.8) is 0 Å². The fourth-order valence-corrected chi connectivity index (χ4v) is 4.87. The van der Waals surface area contributed by atoms with E-state index in [-0.39, 0.29) is 5.82 Å². The van der Waals surface area contributed by atoms with Crippen LogP contribution in [-0.2, 0) is 24.8 Å². The molecule has 0 radical (unpaired) electrons. The van der Waals surface area contributed by atoms with Crippen LogP contribution >= 0.6 is 0 Å². The SMILES string of the molecule is Cc1ccc2c(oc3c(-c4ccc5c(c4)CCOC5)c(F)ccc32)c1-c1cccc[n+]1C. The van der Waals surface area contributed by atoms with Crippen LogP contribution < -0.4 is 4.57 Å². The van der Waals surface area contributed by atoms with Gasteiger partial charge in [0.1, 0.15) is 24.0 Å². The van der Waals surface area contributed by atoms with Gasteiger partial charge in [0.2, 0.25) is 5.69 Å². The minimum Gasteiger partial charge on any atom is -0.454 e. The third-order valence-electron chi connectivity index (χ3n) is 6.55. The third kappa shape index (κ3) is 2.87. The second-order valence-electron chi connectivity index (χ2n) is 8.52. The minimum absolute atomic E-state index is 0.271. The molecule has 0 atom stereocenters. The normalized spacial score (nSPS) is 13.6. The number of aryl methyl sites for hydroxylation is 2. The molecule has 3 heterocycles. The Morgan fingerprint density at radius 2 is 1.69 bits per heavy atom. The molecule has 0 amide bonds. The van der Waals surface area contributed by atoms with E-state index in [1.54, 1.807) is 6.07 Å². The highest BCUT2D eigenvalue weighted by molar-refractivity contribution is 6.13. The molecule has 4 heteroatoms. The van der Waals surface area contributed by atoms with Crippen molar-refractivity contribution in [3.05, 3.63) is 89.4 Å². The number of halogens is 1. The molecule has 1 aliphatic heterocycles. The number of benzene rings is 3. The van der Waals surface area contributed by atoms with Crippen molar-refractivity contribution in [1.82, 2.24) is 0 Å². The van der Waals surface area contributed by atoms with Crippen molar-refractivity contribution < 1.29 is 18.1 Å². The Kier molecular flexibility index (Phi) is 4.37. The molecule has 0 saturated heterocycles. The number of nitrogens with zero attached hydrogens (tertiary/aromatic N) is 1. The Labute approximate surface area is 185 Å². The molecule has 2 aromatic heterocycles. The van der Waals surface area contributed by atoms with Crippen LogP contribution in [0.25, 0.3) is 44.3 Å². The number of rotatable bonds is 2. The average Bonchev–Trinajstić information content (AvgIpc) is 3.17. The van der Waals surface area contributed by atoms with Gasteiger partial charge >= 0.3 is 0 Å². The molecule has 3 nitrogen and oxygen atoms in total. The van der Waals surface area contributed by atoms with E-state index >= 15 is 4.39 Å². The van der Waals surface area contributed by atoms with Crippen molar-refractivity contribution in [1.29, 1.82) is 0 Å². The summed E-state index contributed by atoms with van der Waals surface area (Å²) in [5.74, 6) is -0.271. The van der Waals surface area contributed by atoms with E-state index < -0.39 is 0 Å². The van der Waals surface area contributed by atoms with Crippen LogP contribution in [0.3, 0.4) is 0 Å². The van der Waals surface area contributed by atoms with Gasteiger partial charge in [-0.3, -0.25) is 0 Å². The number of furan rings is 1. The monoisotopic (exact) mass is 424 g/mol. The first-order valence-electron chi connectivity index (χ1n) is 10.9. The Bertz CT molecular complexity index is 1520. The van der Waals surface area contributed by atoms with Crippen LogP contribution in [0.2, 0.25) is 0 Å². The van der Waals surface area contributed by atoms with Crippen LogP contribution in [0.5, 0.6) is 0 Å². The summed E-state index contributed by atoms with van der Waals surface area (Å²) < 4.78 is 29.4. The standard InChI is InChI=1S/C28H23FNO2/c1-17-6-9-21-22-10-11-23(29)26(19-7-8-20-16-31-14-12-18(20)15-19)28(22)32-27(21)25(17)24-5-3-4-13-30(24)2/h3-11,13,15H,12,14,16H2,1-2H3/q+1. The summed E-state index contributed by atoms with van der Waals surface area (Å²) in [6, 6.07) is 19.8. The highest BCUT2D eigenvalue weighted by Gasteiger charge is 2.23. The zero-order valence-electron chi connectivity index (χ0n) is 18.1. The van der Waals surface area contributed by atoms with Crippen molar-refractivity contribution in [3.8, 4) is 22.4 Å². The summed E-state index contributed by atoms with van der Waals surface area (Å²) in [5, 5.41) is 1.93. The number of fused-ring (bicyclic) bond motifs is 4. The van der Waals surface area contributed by atoms with Crippen molar-refractivity contribution >= 4 is 21.9 Å². The first kappa shape index (κ1) is 19.2. The smallest absolute Gasteiger partial charge is 0.216 e. The molecule has 0 saturated carbocycles. The zero-order valence-corrected chi connectivity index (χ0v) is 18.1. The van der Waals surface area contributed by atoms with Crippen molar-refractivity contribution in [2.45, 2.75) is 20.0 Å². The minimum atomic E-state index is -0.271. The summed E-state index contributed by atoms with van der Waals surface area (Å²) in [6.07, 6.45) is 2.87. The topological polar surface area (TPSA) is 26.2 Å². The fourth-order valence-electron chi connectivity index (χ4n) is 4.87. The van der Waals surface area contributed by atoms with E-state index in [1.807, 2.05) is 43.6 Å². The zero-order chi connectivity index (χ0) is 21.8. The quantitative estimate of drug-likeness (QED) is 0.313. The highest BCUT2D eigenvalue weighted by Crippen LogP contribution is 2.41. The highest BCUT2D eigenvalue weighted by atomic mass is 19.1. The predicted molar refractivity (Wildman–Crippen MR) is 124 cm³/mol. The lowest BCUT2D eigenvalue weighted by atomic mass is 9.95. The molecular weight excluding hydrogens is 401 g/mol. The average molecular weight is 424 g/mol. The Morgan fingerprint density at radius 1 is 0.875 bits per heavy atom. The third-order valence-corrected chi connectivity index (χ3v) is 6.55. The Morgan fingerprint density at radius 3 is 2.53 bits per heavy atom. The van der Waals surface area contributed by atoms with Crippen LogP contribution in [-0.4, -0.2) is 6.61 Å². The lowest BCUT2D eigenvalue weighted by molar-refractivity contribution is -0.660. The second kappa shape index (κ2) is 7.28. The van der Waals surface area contributed by atoms with Crippen LogP contribution in [0.4, 0.5) is 4.39 Å². The number of hydrogen-bond acceptors (Lipinski definition) is 2. The lowest BCUT2D eigenvalue weighted by Crippen LogP contribution is -2.30. The van der Waals surface area contributed by atoms with Gasteiger partial charge < -0.3 is 9.15 Å². The van der Waals surface area contributed by atoms with E-state index in [4.69, 9.17) is 9.15 Å². The molecule has 0 N–H and O–H groups in total. The largest absolute Gasteiger partial charge is 0.454 e. The second-order valence-corrected chi connectivity index (χ2v) is 8.52. The molecule has 0 bridgehead atoms. The van der Waals surface area contributed by atoms with E-state index in [2.05, 4.69) is 35.8 Å². The van der Waals surface area contributed by atoms with Crippen molar-refractivity contribution in [2.24, 2.45) is 7.05 Å². The maximum absolute atomic E-state index is 15.2. The van der Waals surface area contributed by atoms with Gasteiger partial charge in [0.15, 0.2) is 6.20 Å². The van der Waals surface area contributed by atoms with Crippen molar-refractivity contribution in [2.75, 3.05) is 6.61 Å². The van der Waals surface area contributed by atoms with Crippen LogP contribution in [0.1, 0.15) is 16.7 Å². The van der Waals surface area contributed by atoms with E-state index in [0.717, 1.165) is 45.2 Å². The van der Waals surface area contributed by atoms with E-state index in [0.29, 0.717) is 24.4 Å². The fraction of sp³-hybridized carbons (Fsp3) is 0.179. The maximum Gasteiger partial charge on any atom is 0.216 e. The number of hydrogen-bond donors (Lipinski definition) is 0. The molecule has 0 fully saturated rings. The predicted octanol–water partition coefficient (Wildman–Crippen LogP) is 6.26. The van der Waals surface area contributed by atoms with Gasteiger partial charge in [-0.2, -0.15) is 0 Å². The van der Waals surface area contributed by atoms with Gasteiger partial charge in [-0.25, -0.2) is 8.96 Å². The summed E-state index contributed by atoms with van der Waals surface area (Å²) in [5.41, 5.74) is 8.36. The lowest BCUT2D eigenvalue weighted by Gasteiger charge is -2.17. The first-order chi connectivity index (χ1) is 15.6.